The lowest BCUT2D eigenvalue weighted by molar-refractivity contribution is 0.0422. The van der Waals surface area contributed by atoms with Gasteiger partial charge in [0.15, 0.2) is 0 Å². The third-order valence-electron chi connectivity index (χ3n) is 8.52. The number of fused-ring (bicyclic) bond motifs is 3. The summed E-state index contributed by atoms with van der Waals surface area (Å²) in [5.41, 5.74) is 0. The van der Waals surface area contributed by atoms with Gasteiger partial charge in [-0.2, -0.15) is 0 Å². The summed E-state index contributed by atoms with van der Waals surface area (Å²) in [5, 5.41) is 0. The van der Waals surface area contributed by atoms with Gasteiger partial charge in [0.05, 0.1) is 12.2 Å². The van der Waals surface area contributed by atoms with E-state index in [1.807, 2.05) is 0 Å². The molecule has 0 aromatic rings. The lowest BCUT2D eigenvalue weighted by Crippen LogP contribution is -2.37. The highest BCUT2D eigenvalue weighted by Crippen LogP contribution is 2.54. The molecule has 0 bridgehead atoms. The normalized spacial score (nSPS) is 57.4. The summed E-state index contributed by atoms with van der Waals surface area (Å²) < 4.78 is 5.83. The first-order valence-corrected chi connectivity index (χ1v) is 10.4. The quantitative estimate of drug-likeness (QED) is 0.588. The molecule has 1 aliphatic heterocycles. The van der Waals surface area contributed by atoms with Crippen molar-refractivity contribution in [3.05, 3.63) is 0 Å². The van der Waals surface area contributed by atoms with Crippen LogP contribution in [-0.4, -0.2) is 12.2 Å². The maximum atomic E-state index is 5.83. The zero-order chi connectivity index (χ0) is 14.7. The van der Waals surface area contributed by atoms with Crippen molar-refractivity contribution in [2.24, 2.45) is 41.4 Å². The first-order valence-electron chi connectivity index (χ1n) is 10.4. The van der Waals surface area contributed by atoms with E-state index >= 15 is 0 Å². The van der Waals surface area contributed by atoms with Gasteiger partial charge < -0.3 is 4.74 Å². The molecule has 4 saturated carbocycles. The van der Waals surface area contributed by atoms with Crippen LogP contribution < -0.4 is 0 Å². The van der Waals surface area contributed by atoms with Crippen molar-refractivity contribution in [1.29, 1.82) is 0 Å². The van der Waals surface area contributed by atoms with Crippen LogP contribution in [0.25, 0.3) is 0 Å². The monoisotopic (exact) mass is 302 g/mol. The average molecular weight is 303 g/mol. The van der Waals surface area contributed by atoms with Crippen LogP contribution in [0.5, 0.6) is 0 Å². The Bertz CT molecular complexity index is 418. The standard InChI is InChI=1S/C21H34O/c1-13-2-3-15-9-16(5-4-14(15)8-13)17-6-7-18-11-20-21(22-20)12-19(18)10-17/h13-21H,2-12H2,1H3. The molecule has 22 heavy (non-hydrogen) atoms. The highest BCUT2D eigenvalue weighted by Gasteiger charge is 2.50. The second-order valence-electron chi connectivity index (χ2n) is 9.79. The van der Waals surface area contributed by atoms with E-state index in [-0.39, 0.29) is 0 Å². The molecule has 9 atom stereocenters. The Hall–Kier alpha value is -0.0400. The molecule has 0 aromatic heterocycles. The predicted octanol–water partition coefficient (Wildman–Crippen LogP) is 5.43. The summed E-state index contributed by atoms with van der Waals surface area (Å²) in [6, 6.07) is 0. The van der Waals surface area contributed by atoms with E-state index in [1.165, 1.54) is 25.7 Å². The van der Waals surface area contributed by atoms with Crippen LogP contribution in [0, 0.1) is 41.4 Å². The highest BCUT2D eigenvalue weighted by atomic mass is 16.6. The highest BCUT2D eigenvalue weighted by molar-refractivity contribution is 4.99. The van der Waals surface area contributed by atoms with Gasteiger partial charge in [0.1, 0.15) is 0 Å². The van der Waals surface area contributed by atoms with Crippen LogP contribution in [-0.2, 0) is 4.74 Å². The second kappa shape index (κ2) is 5.50. The Labute approximate surface area is 136 Å². The molecule has 0 N–H and O–H groups in total. The van der Waals surface area contributed by atoms with Crippen molar-refractivity contribution in [2.45, 2.75) is 89.8 Å². The maximum absolute atomic E-state index is 5.83. The smallest absolute Gasteiger partial charge is 0.0844 e. The SMILES string of the molecule is CC1CCC2CC(C3CCC4CC5OC5CC4C3)CCC2C1. The average Bonchev–Trinajstić information content (AvgIpc) is 3.29. The van der Waals surface area contributed by atoms with E-state index in [0.717, 1.165) is 41.4 Å². The Morgan fingerprint density at radius 3 is 1.64 bits per heavy atom. The summed E-state index contributed by atoms with van der Waals surface area (Å²) >= 11 is 0. The molecule has 5 fully saturated rings. The summed E-state index contributed by atoms with van der Waals surface area (Å²) in [6.07, 6.45) is 18.2. The second-order valence-corrected chi connectivity index (χ2v) is 9.79. The van der Waals surface area contributed by atoms with Gasteiger partial charge in [-0.1, -0.05) is 13.3 Å². The van der Waals surface area contributed by atoms with Crippen LogP contribution in [0.3, 0.4) is 0 Å². The Morgan fingerprint density at radius 1 is 0.500 bits per heavy atom. The molecule has 1 saturated heterocycles. The van der Waals surface area contributed by atoms with Gasteiger partial charge in [-0.05, 0) is 106 Å². The van der Waals surface area contributed by atoms with Crippen molar-refractivity contribution in [3.63, 3.8) is 0 Å². The summed E-state index contributed by atoms with van der Waals surface area (Å²) in [5.74, 6) is 7.47. The lowest BCUT2D eigenvalue weighted by atomic mass is 9.59. The Morgan fingerprint density at radius 2 is 0.955 bits per heavy atom. The molecular weight excluding hydrogens is 268 g/mol. The van der Waals surface area contributed by atoms with Gasteiger partial charge in [0.2, 0.25) is 0 Å². The molecular formula is C21H34O. The van der Waals surface area contributed by atoms with Crippen LogP contribution in [0.1, 0.15) is 77.6 Å². The minimum Gasteiger partial charge on any atom is -0.370 e. The van der Waals surface area contributed by atoms with Gasteiger partial charge >= 0.3 is 0 Å². The molecule has 1 heterocycles. The van der Waals surface area contributed by atoms with Crippen LogP contribution >= 0.6 is 0 Å². The fourth-order valence-electron chi connectivity index (χ4n) is 7.17. The molecule has 4 aliphatic carbocycles. The van der Waals surface area contributed by atoms with E-state index in [2.05, 4.69) is 6.92 Å². The van der Waals surface area contributed by atoms with Crippen molar-refractivity contribution in [2.75, 3.05) is 0 Å². The molecule has 0 amide bonds. The van der Waals surface area contributed by atoms with Crippen LogP contribution in [0.4, 0.5) is 0 Å². The third kappa shape index (κ3) is 2.56. The number of ether oxygens (including phenoxy) is 1. The van der Waals surface area contributed by atoms with Crippen LogP contribution in [0.2, 0.25) is 0 Å². The summed E-state index contributed by atoms with van der Waals surface area (Å²) in [7, 11) is 0. The number of rotatable bonds is 1. The number of hydrogen-bond acceptors (Lipinski definition) is 1. The zero-order valence-electron chi connectivity index (χ0n) is 14.4. The summed E-state index contributed by atoms with van der Waals surface area (Å²) in [4.78, 5) is 0. The van der Waals surface area contributed by atoms with Crippen molar-refractivity contribution in [1.82, 2.24) is 0 Å². The van der Waals surface area contributed by atoms with Gasteiger partial charge in [-0.15, -0.1) is 0 Å². The Kier molecular flexibility index (Phi) is 3.58. The predicted molar refractivity (Wildman–Crippen MR) is 89.6 cm³/mol. The fourth-order valence-corrected chi connectivity index (χ4v) is 7.17. The topological polar surface area (TPSA) is 12.5 Å². The minimum absolute atomic E-state index is 0.690. The van der Waals surface area contributed by atoms with Gasteiger partial charge in [-0.25, -0.2) is 0 Å². The van der Waals surface area contributed by atoms with Crippen LogP contribution in [0.15, 0.2) is 0 Å². The molecule has 0 radical (unpaired) electrons. The van der Waals surface area contributed by atoms with E-state index < -0.39 is 0 Å². The minimum atomic E-state index is 0.690. The molecule has 0 aromatic carbocycles. The molecule has 0 spiro atoms. The molecule has 5 aliphatic rings. The van der Waals surface area contributed by atoms with E-state index in [1.54, 1.807) is 44.9 Å². The maximum Gasteiger partial charge on any atom is 0.0844 e. The third-order valence-corrected chi connectivity index (χ3v) is 8.52. The van der Waals surface area contributed by atoms with E-state index in [9.17, 15) is 0 Å². The molecule has 1 heteroatoms. The molecule has 9 unspecified atom stereocenters. The zero-order valence-corrected chi connectivity index (χ0v) is 14.4. The molecule has 5 rings (SSSR count). The number of epoxide rings is 1. The first kappa shape index (κ1) is 14.3. The van der Waals surface area contributed by atoms with Gasteiger partial charge in [0, 0.05) is 0 Å². The van der Waals surface area contributed by atoms with Crippen molar-refractivity contribution < 1.29 is 4.74 Å². The molecule has 1 nitrogen and oxygen atoms in total. The first-order chi connectivity index (χ1) is 10.8. The van der Waals surface area contributed by atoms with Gasteiger partial charge in [0.25, 0.3) is 0 Å². The molecule has 124 valence electrons. The van der Waals surface area contributed by atoms with E-state index in [0.29, 0.717) is 12.2 Å². The largest absolute Gasteiger partial charge is 0.370 e. The lowest BCUT2D eigenvalue weighted by Gasteiger charge is -2.47. The van der Waals surface area contributed by atoms with E-state index in [4.69, 9.17) is 4.74 Å². The fraction of sp³-hybridized carbons (Fsp3) is 1.00. The number of hydrogen-bond donors (Lipinski definition) is 0. The van der Waals surface area contributed by atoms with Gasteiger partial charge in [-0.3, -0.25) is 0 Å². The Balaban J connectivity index is 1.21. The van der Waals surface area contributed by atoms with Crippen molar-refractivity contribution >= 4 is 0 Å². The van der Waals surface area contributed by atoms with Crippen molar-refractivity contribution in [3.8, 4) is 0 Å². The summed E-state index contributed by atoms with van der Waals surface area (Å²) in [6.45, 7) is 2.49.